The second-order valence-corrected chi connectivity index (χ2v) is 5.35. The highest BCUT2D eigenvalue weighted by Gasteiger charge is 2.37. The van der Waals surface area contributed by atoms with Crippen LogP contribution in [0.5, 0.6) is 0 Å². The van der Waals surface area contributed by atoms with E-state index < -0.39 is 0 Å². The number of carbonyl (C=O) groups excluding carboxylic acids is 1. The number of hydrogen-bond acceptors (Lipinski definition) is 3. The third-order valence-corrected chi connectivity index (χ3v) is 4.25. The van der Waals surface area contributed by atoms with Gasteiger partial charge in [-0.1, -0.05) is 26.2 Å². The summed E-state index contributed by atoms with van der Waals surface area (Å²) in [4.78, 5) is 12.3. The molecule has 0 aromatic carbocycles. The maximum atomic E-state index is 12.3. The zero-order valence-electron chi connectivity index (χ0n) is 10.2. The van der Waals surface area contributed by atoms with Crippen molar-refractivity contribution in [2.24, 2.45) is 23.5 Å². The summed E-state index contributed by atoms with van der Waals surface area (Å²) in [6.45, 7) is 3.33. The summed E-state index contributed by atoms with van der Waals surface area (Å²) in [7, 11) is 0. The molecule has 0 aromatic rings. The highest BCUT2D eigenvalue weighted by molar-refractivity contribution is 5.84. The van der Waals surface area contributed by atoms with E-state index in [0.29, 0.717) is 19.0 Å². The van der Waals surface area contributed by atoms with Gasteiger partial charge in [0.25, 0.3) is 0 Å². The van der Waals surface area contributed by atoms with E-state index in [2.05, 4.69) is 6.92 Å². The Morgan fingerprint density at radius 2 is 2.19 bits per heavy atom. The predicted molar refractivity (Wildman–Crippen MR) is 63.0 cm³/mol. The van der Waals surface area contributed by atoms with Crippen molar-refractivity contribution >= 4 is 5.78 Å². The topological polar surface area (TPSA) is 52.3 Å². The van der Waals surface area contributed by atoms with Gasteiger partial charge in [-0.05, 0) is 18.8 Å². The Labute approximate surface area is 97.7 Å². The number of ketones is 1. The van der Waals surface area contributed by atoms with E-state index in [9.17, 15) is 4.79 Å². The molecule has 4 unspecified atom stereocenters. The third kappa shape index (κ3) is 2.46. The van der Waals surface area contributed by atoms with Gasteiger partial charge in [-0.25, -0.2) is 0 Å². The minimum atomic E-state index is -0.0606. The van der Waals surface area contributed by atoms with Crippen molar-refractivity contribution in [1.29, 1.82) is 0 Å². The number of Topliss-reactive ketones (excluding diaryl/α,β-unsaturated/α-hetero) is 1. The lowest BCUT2D eigenvalue weighted by molar-refractivity contribution is -0.128. The van der Waals surface area contributed by atoms with Gasteiger partial charge in [-0.2, -0.15) is 0 Å². The highest BCUT2D eigenvalue weighted by Crippen LogP contribution is 2.34. The first-order chi connectivity index (χ1) is 7.72. The second kappa shape index (κ2) is 5.28. The molecule has 2 aliphatic rings. The van der Waals surface area contributed by atoms with Crippen LogP contribution in [0.25, 0.3) is 0 Å². The molecule has 16 heavy (non-hydrogen) atoms. The molecule has 2 N–H and O–H groups in total. The molecule has 92 valence electrons. The quantitative estimate of drug-likeness (QED) is 0.796. The average Bonchev–Trinajstić information content (AvgIpc) is 2.74. The number of carbonyl (C=O) groups is 1. The molecule has 4 atom stereocenters. The van der Waals surface area contributed by atoms with Crippen molar-refractivity contribution in [3.63, 3.8) is 0 Å². The monoisotopic (exact) mass is 225 g/mol. The van der Waals surface area contributed by atoms with Gasteiger partial charge >= 0.3 is 0 Å². The van der Waals surface area contributed by atoms with Crippen molar-refractivity contribution in [3.8, 4) is 0 Å². The molecule has 1 saturated carbocycles. The summed E-state index contributed by atoms with van der Waals surface area (Å²) in [5, 5.41) is 0. The lowest BCUT2D eigenvalue weighted by Crippen LogP contribution is -2.38. The molecule has 0 amide bonds. The van der Waals surface area contributed by atoms with Crippen LogP contribution in [0.4, 0.5) is 0 Å². The van der Waals surface area contributed by atoms with Crippen molar-refractivity contribution in [2.45, 2.75) is 45.1 Å². The Bertz CT molecular complexity index is 254. The molecule has 3 heteroatoms. The minimum absolute atomic E-state index is 0.0272. The Morgan fingerprint density at radius 3 is 2.81 bits per heavy atom. The van der Waals surface area contributed by atoms with Gasteiger partial charge in [0, 0.05) is 12.0 Å². The molecular formula is C13H23NO2. The van der Waals surface area contributed by atoms with Crippen LogP contribution in [0.15, 0.2) is 0 Å². The molecule has 0 bridgehead atoms. The summed E-state index contributed by atoms with van der Waals surface area (Å²) < 4.78 is 5.29. The lowest BCUT2D eigenvalue weighted by atomic mass is 9.75. The van der Waals surface area contributed by atoms with Gasteiger partial charge in [0.15, 0.2) is 0 Å². The normalized spacial score (nSPS) is 39.9. The van der Waals surface area contributed by atoms with Gasteiger partial charge in [-0.15, -0.1) is 0 Å². The highest BCUT2D eigenvalue weighted by atomic mass is 16.5. The van der Waals surface area contributed by atoms with Crippen molar-refractivity contribution < 1.29 is 9.53 Å². The third-order valence-electron chi connectivity index (χ3n) is 4.25. The molecule has 1 aliphatic carbocycles. The number of nitrogens with two attached hydrogens (primary N) is 1. The fraction of sp³-hybridized carbons (Fsp3) is 0.923. The minimum Gasteiger partial charge on any atom is -0.379 e. The molecule has 0 radical (unpaired) electrons. The van der Waals surface area contributed by atoms with Gasteiger partial charge in [0.1, 0.15) is 5.78 Å². The summed E-state index contributed by atoms with van der Waals surface area (Å²) in [5.74, 6) is 1.36. The van der Waals surface area contributed by atoms with Crippen LogP contribution in [0, 0.1) is 17.8 Å². The van der Waals surface area contributed by atoms with Gasteiger partial charge in [0.05, 0.1) is 19.1 Å². The van der Waals surface area contributed by atoms with E-state index in [1.807, 2.05) is 0 Å². The van der Waals surface area contributed by atoms with E-state index in [1.165, 1.54) is 19.3 Å². The Kier molecular flexibility index (Phi) is 3.98. The smallest absolute Gasteiger partial charge is 0.142 e. The van der Waals surface area contributed by atoms with E-state index in [-0.39, 0.29) is 17.9 Å². The predicted octanol–water partition coefficient (Wildman–Crippen LogP) is 1.75. The Morgan fingerprint density at radius 1 is 1.38 bits per heavy atom. The van der Waals surface area contributed by atoms with Crippen LogP contribution in [0.2, 0.25) is 0 Å². The number of rotatable bonds is 3. The molecular weight excluding hydrogens is 202 g/mol. The van der Waals surface area contributed by atoms with Gasteiger partial charge in [0.2, 0.25) is 0 Å². The maximum absolute atomic E-state index is 12.3. The van der Waals surface area contributed by atoms with E-state index >= 15 is 0 Å². The summed E-state index contributed by atoms with van der Waals surface area (Å²) in [5.41, 5.74) is 5.91. The Balaban J connectivity index is 1.93. The summed E-state index contributed by atoms with van der Waals surface area (Å²) >= 11 is 0. The first kappa shape index (κ1) is 12.1. The van der Waals surface area contributed by atoms with Crippen LogP contribution in [0.1, 0.15) is 39.0 Å². The van der Waals surface area contributed by atoms with Crippen LogP contribution in [-0.2, 0) is 9.53 Å². The standard InChI is InChI=1S/C13H23NO2/c1-2-9-4-3-5-10(6-9)13(15)11-7-16-8-12(11)14/h9-12H,2-8,14H2,1H3. The molecule has 1 heterocycles. The molecule has 0 aromatic heterocycles. The fourth-order valence-corrected chi connectivity index (χ4v) is 3.09. The Hall–Kier alpha value is -0.410. The van der Waals surface area contributed by atoms with Gasteiger partial charge < -0.3 is 10.5 Å². The zero-order valence-corrected chi connectivity index (χ0v) is 10.2. The zero-order chi connectivity index (χ0) is 11.5. The number of hydrogen-bond donors (Lipinski definition) is 1. The average molecular weight is 225 g/mol. The van der Waals surface area contributed by atoms with E-state index in [1.54, 1.807) is 0 Å². The molecule has 3 nitrogen and oxygen atoms in total. The molecule has 0 spiro atoms. The maximum Gasteiger partial charge on any atom is 0.142 e. The van der Waals surface area contributed by atoms with Crippen molar-refractivity contribution in [1.82, 2.24) is 0 Å². The SMILES string of the molecule is CCC1CCCC(C(=O)C2COCC2N)C1. The van der Waals surface area contributed by atoms with Crippen LogP contribution in [0.3, 0.4) is 0 Å². The number of ether oxygens (including phenoxy) is 1. The fourth-order valence-electron chi connectivity index (χ4n) is 3.09. The molecule has 1 aliphatic heterocycles. The molecule has 2 fully saturated rings. The van der Waals surface area contributed by atoms with Crippen LogP contribution < -0.4 is 5.73 Å². The van der Waals surface area contributed by atoms with Crippen molar-refractivity contribution in [3.05, 3.63) is 0 Å². The molecule has 1 saturated heterocycles. The van der Waals surface area contributed by atoms with Crippen LogP contribution >= 0.6 is 0 Å². The first-order valence-electron chi connectivity index (χ1n) is 6.59. The second-order valence-electron chi connectivity index (χ2n) is 5.35. The summed E-state index contributed by atoms with van der Waals surface area (Å²) in [6, 6.07) is -0.0606. The van der Waals surface area contributed by atoms with Crippen LogP contribution in [-0.4, -0.2) is 25.0 Å². The first-order valence-corrected chi connectivity index (χ1v) is 6.59. The lowest BCUT2D eigenvalue weighted by Gasteiger charge is -2.29. The van der Waals surface area contributed by atoms with Gasteiger partial charge in [-0.3, -0.25) is 4.79 Å². The molecule has 2 rings (SSSR count). The van der Waals surface area contributed by atoms with E-state index in [0.717, 1.165) is 18.8 Å². The summed E-state index contributed by atoms with van der Waals surface area (Å²) in [6.07, 6.45) is 5.86. The van der Waals surface area contributed by atoms with Crippen molar-refractivity contribution in [2.75, 3.05) is 13.2 Å². The van der Waals surface area contributed by atoms with E-state index in [4.69, 9.17) is 10.5 Å². The largest absolute Gasteiger partial charge is 0.379 e.